The zero-order chi connectivity index (χ0) is 15.2. The topological polar surface area (TPSA) is 85.1 Å². The largest absolute Gasteiger partial charge is 0.369 e. The Morgan fingerprint density at radius 3 is 2.67 bits per heavy atom. The second-order valence-corrected chi connectivity index (χ2v) is 6.10. The summed E-state index contributed by atoms with van der Waals surface area (Å²) in [6.45, 7) is 0. The number of aromatic nitrogens is 1. The van der Waals surface area contributed by atoms with Gasteiger partial charge in [0.2, 0.25) is 5.91 Å². The van der Waals surface area contributed by atoms with Crippen molar-refractivity contribution in [3.8, 4) is 0 Å². The molecule has 0 aliphatic carbocycles. The molecule has 0 atom stereocenters. The third-order valence-electron chi connectivity index (χ3n) is 2.65. The molecule has 0 spiro atoms. The van der Waals surface area contributed by atoms with E-state index in [1.165, 1.54) is 16.9 Å². The summed E-state index contributed by atoms with van der Waals surface area (Å²) in [6.07, 6.45) is 2.11. The highest BCUT2D eigenvalue weighted by Crippen LogP contribution is 2.17. The van der Waals surface area contributed by atoms with Gasteiger partial charge in [-0.3, -0.25) is 14.9 Å². The Bertz CT molecular complexity index is 638. The van der Waals surface area contributed by atoms with Crippen molar-refractivity contribution < 1.29 is 9.59 Å². The average molecular weight is 321 g/mol. The molecule has 1 heterocycles. The van der Waals surface area contributed by atoms with E-state index in [1.54, 1.807) is 29.3 Å². The molecule has 0 saturated heterocycles. The lowest BCUT2D eigenvalue weighted by molar-refractivity contribution is -0.117. The lowest BCUT2D eigenvalue weighted by atomic mass is 10.1. The van der Waals surface area contributed by atoms with Crippen LogP contribution < -0.4 is 11.1 Å². The third-order valence-corrected chi connectivity index (χ3v) is 4.08. The van der Waals surface area contributed by atoms with Crippen LogP contribution in [0.25, 0.3) is 0 Å². The summed E-state index contributed by atoms with van der Waals surface area (Å²) < 4.78 is 0. The van der Waals surface area contributed by atoms with Crippen LogP contribution in [0.3, 0.4) is 0 Å². The number of nitrogens with zero attached hydrogens (tertiary/aromatic N) is 1. The van der Waals surface area contributed by atoms with E-state index in [2.05, 4.69) is 10.3 Å². The zero-order valence-electron chi connectivity index (χ0n) is 11.5. The number of thiazole rings is 1. The standard InChI is InChI=1S/C14H15N3O2S2/c1-20-7-9-2-4-10(5-3-9)13(19)17-14-16-11(8-21-14)6-12(15)18/h2-5,8H,6-7H2,1H3,(H2,15,18)(H,16,17,19). The number of nitrogens with two attached hydrogens (primary N) is 1. The molecule has 3 N–H and O–H groups in total. The van der Waals surface area contributed by atoms with Crippen LogP contribution in [0.2, 0.25) is 0 Å². The summed E-state index contributed by atoms with van der Waals surface area (Å²) in [6, 6.07) is 7.45. The predicted octanol–water partition coefficient (Wildman–Crippen LogP) is 2.29. The van der Waals surface area contributed by atoms with Gasteiger partial charge >= 0.3 is 0 Å². The SMILES string of the molecule is CSCc1ccc(C(=O)Nc2nc(CC(N)=O)cs2)cc1. The summed E-state index contributed by atoms with van der Waals surface area (Å²) in [5.41, 5.74) is 7.42. The number of hydrogen-bond acceptors (Lipinski definition) is 5. The van der Waals surface area contributed by atoms with Gasteiger partial charge in [0.25, 0.3) is 5.91 Å². The fraction of sp³-hybridized carbons (Fsp3) is 0.214. The first-order chi connectivity index (χ1) is 10.1. The molecule has 7 heteroatoms. The Kier molecular flexibility index (Phi) is 5.35. The molecule has 0 fully saturated rings. The van der Waals surface area contributed by atoms with Gasteiger partial charge in [0.05, 0.1) is 12.1 Å². The van der Waals surface area contributed by atoms with Crippen molar-refractivity contribution >= 4 is 40.0 Å². The summed E-state index contributed by atoms with van der Waals surface area (Å²) in [5, 5.41) is 4.89. The predicted molar refractivity (Wildman–Crippen MR) is 86.6 cm³/mol. The van der Waals surface area contributed by atoms with Crippen molar-refractivity contribution in [1.29, 1.82) is 0 Å². The molecule has 21 heavy (non-hydrogen) atoms. The molecule has 2 amide bonds. The van der Waals surface area contributed by atoms with Gasteiger partial charge in [-0.05, 0) is 24.0 Å². The van der Waals surface area contributed by atoms with Crippen molar-refractivity contribution in [2.75, 3.05) is 11.6 Å². The smallest absolute Gasteiger partial charge is 0.257 e. The molecular weight excluding hydrogens is 306 g/mol. The lowest BCUT2D eigenvalue weighted by Crippen LogP contribution is -2.14. The first kappa shape index (κ1) is 15.5. The van der Waals surface area contributed by atoms with Crippen LogP contribution in [0.5, 0.6) is 0 Å². The quantitative estimate of drug-likeness (QED) is 0.855. The number of rotatable bonds is 6. The van der Waals surface area contributed by atoms with E-state index in [4.69, 9.17) is 5.73 Å². The van der Waals surface area contributed by atoms with Crippen molar-refractivity contribution in [2.24, 2.45) is 5.73 Å². The first-order valence-corrected chi connectivity index (χ1v) is 8.48. The molecule has 110 valence electrons. The van der Waals surface area contributed by atoms with E-state index in [-0.39, 0.29) is 12.3 Å². The minimum absolute atomic E-state index is 0.0791. The Balaban J connectivity index is 2.00. The van der Waals surface area contributed by atoms with Gasteiger partial charge in [-0.15, -0.1) is 11.3 Å². The highest BCUT2D eigenvalue weighted by atomic mass is 32.2. The minimum atomic E-state index is -0.442. The number of hydrogen-bond donors (Lipinski definition) is 2. The molecule has 0 saturated carbocycles. The number of amides is 2. The highest BCUT2D eigenvalue weighted by Gasteiger charge is 2.10. The Hall–Kier alpha value is -1.86. The molecule has 0 radical (unpaired) electrons. The number of anilines is 1. The number of thioether (sulfide) groups is 1. The van der Waals surface area contributed by atoms with E-state index in [1.807, 2.05) is 18.4 Å². The number of benzene rings is 1. The zero-order valence-corrected chi connectivity index (χ0v) is 13.1. The van der Waals surface area contributed by atoms with E-state index in [0.29, 0.717) is 16.4 Å². The van der Waals surface area contributed by atoms with Gasteiger partial charge in [0, 0.05) is 16.7 Å². The molecule has 5 nitrogen and oxygen atoms in total. The minimum Gasteiger partial charge on any atom is -0.369 e. The third kappa shape index (κ3) is 4.57. The molecule has 2 rings (SSSR count). The van der Waals surface area contributed by atoms with Crippen LogP contribution in [-0.2, 0) is 17.0 Å². The van der Waals surface area contributed by atoms with Crippen LogP contribution in [0.15, 0.2) is 29.6 Å². The van der Waals surface area contributed by atoms with Gasteiger partial charge in [-0.25, -0.2) is 4.98 Å². The maximum Gasteiger partial charge on any atom is 0.257 e. The molecule has 1 aromatic heterocycles. The maximum atomic E-state index is 12.1. The van der Waals surface area contributed by atoms with E-state index in [9.17, 15) is 9.59 Å². The van der Waals surface area contributed by atoms with Crippen LogP contribution in [-0.4, -0.2) is 23.1 Å². The lowest BCUT2D eigenvalue weighted by Gasteiger charge is -2.03. The first-order valence-electron chi connectivity index (χ1n) is 6.20. The molecule has 0 unspecified atom stereocenters. The Morgan fingerprint density at radius 1 is 1.33 bits per heavy atom. The fourth-order valence-electron chi connectivity index (χ4n) is 1.71. The van der Waals surface area contributed by atoms with Gasteiger partial charge in [-0.1, -0.05) is 12.1 Å². The summed E-state index contributed by atoms with van der Waals surface area (Å²) in [4.78, 5) is 27.0. The molecule has 0 bridgehead atoms. The molecule has 2 aromatic rings. The van der Waals surface area contributed by atoms with Crippen molar-refractivity contribution in [3.63, 3.8) is 0 Å². The van der Waals surface area contributed by atoms with Gasteiger partial charge in [0.15, 0.2) is 5.13 Å². The van der Waals surface area contributed by atoms with Gasteiger partial charge in [-0.2, -0.15) is 11.8 Å². The number of carbonyl (C=O) groups is 2. The van der Waals surface area contributed by atoms with Crippen LogP contribution >= 0.6 is 23.1 Å². The fourth-order valence-corrected chi connectivity index (χ4v) is 2.94. The summed E-state index contributed by atoms with van der Waals surface area (Å²) >= 11 is 3.00. The number of nitrogens with one attached hydrogen (secondary N) is 1. The van der Waals surface area contributed by atoms with Crippen LogP contribution in [0.4, 0.5) is 5.13 Å². The maximum absolute atomic E-state index is 12.1. The number of primary amides is 1. The molecule has 0 aliphatic rings. The average Bonchev–Trinajstić information content (AvgIpc) is 2.86. The summed E-state index contributed by atoms with van der Waals surface area (Å²) in [5.74, 6) is 0.262. The second kappa shape index (κ2) is 7.24. The van der Waals surface area contributed by atoms with Crippen molar-refractivity contribution in [3.05, 3.63) is 46.5 Å². The molecular formula is C14H15N3O2S2. The van der Waals surface area contributed by atoms with E-state index in [0.717, 1.165) is 5.75 Å². The molecule has 0 aliphatic heterocycles. The molecule has 1 aromatic carbocycles. The van der Waals surface area contributed by atoms with E-state index >= 15 is 0 Å². The van der Waals surface area contributed by atoms with Crippen LogP contribution in [0.1, 0.15) is 21.6 Å². The van der Waals surface area contributed by atoms with Gasteiger partial charge in [0.1, 0.15) is 0 Å². The Morgan fingerprint density at radius 2 is 2.05 bits per heavy atom. The van der Waals surface area contributed by atoms with Crippen molar-refractivity contribution in [1.82, 2.24) is 4.98 Å². The normalized spacial score (nSPS) is 10.3. The second-order valence-electron chi connectivity index (χ2n) is 4.37. The number of carbonyl (C=O) groups excluding carboxylic acids is 2. The van der Waals surface area contributed by atoms with Crippen LogP contribution in [0, 0.1) is 0 Å². The Labute approximate surface area is 131 Å². The van der Waals surface area contributed by atoms with E-state index < -0.39 is 5.91 Å². The van der Waals surface area contributed by atoms with Crippen molar-refractivity contribution in [2.45, 2.75) is 12.2 Å². The highest BCUT2D eigenvalue weighted by molar-refractivity contribution is 7.97. The van der Waals surface area contributed by atoms with Gasteiger partial charge < -0.3 is 5.73 Å². The monoisotopic (exact) mass is 321 g/mol. The summed E-state index contributed by atoms with van der Waals surface area (Å²) in [7, 11) is 0.